The van der Waals surface area contributed by atoms with Gasteiger partial charge in [0, 0.05) is 23.8 Å². The van der Waals surface area contributed by atoms with Crippen molar-refractivity contribution >= 4 is 16.9 Å². The van der Waals surface area contributed by atoms with E-state index >= 15 is 0 Å². The monoisotopic (exact) mass is 340 g/mol. The molecule has 0 aliphatic heterocycles. The number of rotatable bonds is 6. The van der Waals surface area contributed by atoms with Gasteiger partial charge in [-0.2, -0.15) is 0 Å². The number of amides is 2. The Morgan fingerprint density at radius 1 is 1.32 bits per heavy atom. The van der Waals surface area contributed by atoms with Crippen molar-refractivity contribution in [3.05, 3.63) is 53.0 Å². The topological polar surface area (TPSA) is 83.0 Å². The quantitative estimate of drug-likeness (QED) is 0.639. The molecule has 1 aromatic carbocycles. The maximum Gasteiger partial charge on any atom is 0.315 e. The fourth-order valence-electron chi connectivity index (χ4n) is 3.15. The fraction of sp³-hybridized carbons (Fsp3) is 0.368. The molecule has 2 heterocycles. The Hall–Kier alpha value is -2.76. The number of fused-ring (bicyclic) bond motifs is 1. The summed E-state index contributed by atoms with van der Waals surface area (Å²) >= 11 is 0. The van der Waals surface area contributed by atoms with E-state index in [-0.39, 0.29) is 12.1 Å². The Morgan fingerprint density at radius 3 is 2.88 bits per heavy atom. The van der Waals surface area contributed by atoms with E-state index in [0.29, 0.717) is 6.54 Å². The average Bonchev–Trinajstić information content (AvgIpc) is 3.19. The van der Waals surface area contributed by atoms with Crippen molar-refractivity contribution in [1.82, 2.24) is 20.8 Å². The zero-order chi connectivity index (χ0) is 17.8. The summed E-state index contributed by atoms with van der Waals surface area (Å²) in [7, 11) is 0. The second-order valence-electron chi connectivity index (χ2n) is 6.25. The number of hydrogen-bond donors (Lipinski definition) is 3. The van der Waals surface area contributed by atoms with E-state index in [1.165, 1.54) is 10.9 Å². The molecule has 2 aromatic heterocycles. The number of benzene rings is 1. The predicted molar refractivity (Wildman–Crippen MR) is 97.5 cm³/mol. The second-order valence-corrected chi connectivity index (χ2v) is 6.25. The Kier molecular flexibility index (Phi) is 5.07. The molecular formula is C19H24N4O2. The molecule has 0 bridgehead atoms. The second kappa shape index (κ2) is 7.42. The SMILES string of the molecule is CC[C@H](NC(=O)NCCc1ccc2[nH]ccc2c1)c1c(C)noc1C. The van der Waals surface area contributed by atoms with Crippen LogP contribution in [-0.2, 0) is 6.42 Å². The number of hydrogen-bond acceptors (Lipinski definition) is 3. The largest absolute Gasteiger partial charge is 0.361 e. The van der Waals surface area contributed by atoms with Crippen molar-refractivity contribution in [2.24, 2.45) is 0 Å². The Balaban J connectivity index is 1.53. The lowest BCUT2D eigenvalue weighted by Crippen LogP contribution is -2.39. The summed E-state index contributed by atoms with van der Waals surface area (Å²) in [6.07, 6.45) is 3.50. The molecule has 0 saturated carbocycles. The molecule has 6 nitrogen and oxygen atoms in total. The Bertz CT molecular complexity index is 846. The van der Waals surface area contributed by atoms with Gasteiger partial charge in [-0.1, -0.05) is 18.1 Å². The molecule has 0 aliphatic rings. The van der Waals surface area contributed by atoms with Crippen molar-refractivity contribution in [3.8, 4) is 0 Å². The minimum absolute atomic E-state index is 0.0949. The first-order valence-electron chi connectivity index (χ1n) is 8.61. The van der Waals surface area contributed by atoms with Crippen molar-refractivity contribution in [2.45, 2.75) is 39.7 Å². The van der Waals surface area contributed by atoms with E-state index in [2.05, 4.69) is 45.0 Å². The summed E-state index contributed by atoms with van der Waals surface area (Å²) in [5.74, 6) is 0.754. The van der Waals surface area contributed by atoms with Crippen LogP contribution >= 0.6 is 0 Å². The third kappa shape index (κ3) is 3.84. The molecule has 25 heavy (non-hydrogen) atoms. The summed E-state index contributed by atoms with van der Waals surface area (Å²) in [5.41, 5.74) is 4.12. The Labute approximate surface area is 147 Å². The molecule has 0 saturated heterocycles. The molecule has 0 radical (unpaired) electrons. The van der Waals surface area contributed by atoms with Crippen LogP contribution in [0.3, 0.4) is 0 Å². The lowest BCUT2D eigenvalue weighted by Gasteiger charge is -2.17. The molecule has 3 N–H and O–H groups in total. The van der Waals surface area contributed by atoms with E-state index < -0.39 is 0 Å². The smallest absolute Gasteiger partial charge is 0.315 e. The summed E-state index contributed by atoms with van der Waals surface area (Å²) in [4.78, 5) is 15.4. The van der Waals surface area contributed by atoms with Gasteiger partial charge in [0.25, 0.3) is 0 Å². The molecule has 6 heteroatoms. The third-order valence-corrected chi connectivity index (χ3v) is 4.47. The first-order valence-corrected chi connectivity index (χ1v) is 8.61. The number of carbonyl (C=O) groups is 1. The maximum absolute atomic E-state index is 12.2. The van der Waals surface area contributed by atoms with Crippen LogP contribution in [0, 0.1) is 13.8 Å². The zero-order valence-corrected chi connectivity index (χ0v) is 14.8. The minimum Gasteiger partial charge on any atom is -0.361 e. The van der Waals surface area contributed by atoms with Gasteiger partial charge in [0.15, 0.2) is 0 Å². The van der Waals surface area contributed by atoms with E-state index in [9.17, 15) is 4.79 Å². The van der Waals surface area contributed by atoms with Gasteiger partial charge in [-0.3, -0.25) is 0 Å². The number of aromatic nitrogens is 2. The number of carbonyl (C=O) groups excluding carboxylic acids is 1. The van der Waals surface area contributed by atoms with Gasteiger partial charge in [0.2, 0.25) is 0 Å². The van der Waals surface area contributed by atoms with Crippen molar-refractivity contribution in [3.63, 3.8) is 0 Å². The summed E-state index contributed by atoms with van der Waals surface area (Å²) < 4.78 is 5.20. The first-order chi connectivity index (χ1) is 12.1. The number of aromatic amines is 1. The molecule has 0 aliphatic carbocycles. The number of aryl methyl sites for hydroxylation is 2. The van der Waals surface area contributed by atoms with Crippen LogP contribution in [0.1, 0.15) is 42.0 Å². The van der Waals surface area contributed by atoms with E-state index in [4.69, 9.17) is 4.52 Å². The van der Waals surface area contributed by atoms with Gasteiger partial charge in [0.1, 0.15) is 5.76 Å². The van der Waals surface area contributed by atoms with Gasteiger partial charge < -0.3 is 20.1 Å². The van der Waals surface area contributed by atoms with Crippen molar-refractivity contribution in [1.29, 1.82) is 0 Å². The van der Waals surface area contributed by atoms with Crippen molar-refractivity contribution < 1.29 is 9.32 Å². The van der Waals surface area contributed by atoms with Crippen LogP contribution in [0.15, 0.2) is 35.0 Å². The van der Waals surface area contributed by atoms with Crippen LogP contribution in [0.25, 0.3) is 10.9 Å². The molecule has 132 valence electrons. The molecular weight excluding hydrogens is 316 g/mol. The maximum atomic E-state index is 12.2. The molecule has 0 spiro atoms. The molecule has 3 aromatic rings. The lowest BCUT2D eigenvalue weighted by atomic mass is 10.0. The lowest BCUT2D eigenvalue weighted by molar-refractivity contribution is 0.236. The minimum atomic E-state index is -0.172. The molecule has 2 amide bonds. The Morgan fingerprint density at radius 2 is 2.16 bits per heavy atom. The van der Waals surface area contributed by atoms with E-state index in [0.717, 1.165) is 35.4 Å². The van der Waals surface area contributed by atoms with E-state index in [1.807, 2.05) is 27.0 Å². The van der Waals surface area contributed by atoms with Gasteiger partial charge in [-0.25, -0.2) is 4.79 Å². The highest BCUT2D eigenvalue weighted by atomic mass is 16.5. The normalized spacial score (nSPS) is 12.3. The van der Waals surface area contributed by atoms with Crippen molar-refractivity contribution in [2.75, 3.05) is 6.54 Å². The van der Waals surface area contributed by atoms with Crippen LogP contribution in [-0.4, -0.2) is 22.7 Å². The summed E-state index contributed by atoms with van der Waals surface area (Å²) in [5, 5.41) is 11.1. The third-order valence-electron chi connectivity index (χ3n) is 4.47. The number of urea groups is 1. The number of nitrogens with one attached hydrogen (secondary N) is 3. The van der Waals surface area contributed by atoms with Crippen LogP contribution < -0.4 is 10.6 Å². The highest BCUT2D eigenvalue weighted by molar-refractivity contribution is 5.80. The van der Waals surface area contributed by atoms with E-state index in [1.54, 1.807) is 0 Å². The molecule has 1 atom stereocenters. The summed E-state index contributed by atoms with van der Waals surface area (Å²) in [6, 6.07) is 8.07. The number of H-pyrrole nitrogens is 1. The number of nitrogens with zero attached hydrogens (tertiary/aromatic N) is 1. The van der Waals surface area contributed by atoms with Gasteiger partial charge >= 0.3 is 6.03 Å². The van der Waals surface area contributed by atoms with Crippen LogP contribution in [0.4, 0.5) is 4.79 Å². The van der Waals surface area contributed by atoms with Crippen LogP contribution in [0.5, 0.6) is 0 Å². The standard InChI is InChI=1S/C19H24N4O2/c1-4-16(18-12(2)23-25-13(18)3)22-19(24)21-9-7-14-5-6-17-15(11-14)8-10-20-17/h5-6,8,10-11,16,20H,4,7,9H2,1-3H3,(H2,21,22,24)/t16-/m0/s1. The van der Waals surface area contributed by atoms with Crippen LogP contribution in [0.2, 0.25) is 0 Å². The average molecular weight is 340 g/mol. The molecule has 0 unspecified atom stereocenters. The van der Waals surface area contributed by atoms with Gasteiger partial charge in [0.05, 0.1) is 11.7 Å². The molecule has 3 rings (SSSR count). The fourth-order valence-corrected chi connectivity index (χ4v) is 3.15. The van der Waals surface area contributed by atoms with Gasteiger partial charge in [-0.05, 0) is 55.8 Å². The predicted octanol–water partition coefficient (Wildman–Crippen LogP) is 3.77. The molecule has 0 fully saturated rings. The van der Waals surface area contributed by atoms with Gasteiger partial charge in [-0.15, -0.1) is 0 Å². The highest BCUT2D eigenvalue weighted by Gasteiger charge is 2.20. The highest BCUT2D eigenvalue weighted by Crippen LogP contribution is 2.23. The first kappa shape index (κ1) is 17.1. The zero-order valence-electron chi connectivity index (χ0n) is 14.8. The summed E-state index contributed by atoms with van der Waals surface area (Å²) in [6.45, 7) is 6.38.